The second kappa shape index (κ2) is 12.7. The summed E-state index contributed by atoms with van der Waals surface area (Å²) in [4.78, 5) is 0. The summed E-state index contributed by atoms with van der Waals surface area (Å²) >= 11 is 0. The molecule has 0 atom stereocenters. The lowest BCUT2D eigenvalue weighted by Crippen LogP contribution is -2.25. The summed E-state index contributed by atoms with van der Waals surface area (Å²) in [5.41, 5.74) is -4.00. The second-order valence-corrected chi connectivity index (χ2v) is 9.04. The average Bonchev–Trinajstić information content (AvgIpc) is 2.90. The monoisotopic (exact) mass is 612 g/mol. The molecule has 0 fully saturated rings. The number of alkyl halides is 2. The Morgan fingerprint density at radius 3 is 1.79 bits per heavy atom. The number of rotatable bonds is 8. The molecular formula is C31H18F10O2. The quantitative estimate of drug-likeness (QED) is 0.0855. The molecule has 4 aromatic carbocycles. The molecule has 0 spiro atoms. The summed E-state index contributed by atoms with van der Waals surface area (Å²) in [6.45, 7) is 1.96. The first kappa shape index (κ1) is 31.3. The molecule has 4 rings (SSSR count). The maximum absolute atomic E-state index is 14.7. The van der Waals surface area contributed by atoms with E-state index in [1.54, 1.807) is 0 Å². The largest absolute Gasteiger partial charge is 0.493 e. The van der Waals surface area contributed by atoms with E-state index >= 15 is 0 Å². The van der Waals surface area contributed by atoms with Crippen molar-refractivity contribution in [2.24, 2.45) is 0 Å². The summed E-state index contributed by atoms with van der Waals surface area (Å²) in [7, 11) is 0. The Bertz CT molecular complexity index is 1670. The second-order valence-electron chi connectivity index (χ2n) is 9.04. The van der Waals surface area contributed by atoms with Crippen molar-refractivity contribution in [3.63, 3.8) is 0 Å². The van der Waals surface area contributed by atoms with E-state index in [0.717, 1.165) is 18.6 Å². The minimum atomic E-state index is -4.57. The Morgan fingerprint density at radius 1 is 0.651 bits per heavy atom. The zero-order chi connectivity index (χ0) is 31.5. The van der Waals surface area contributed by atoms with E-state index in [0.29, 0.717) is 48.9 Å². The van der Waals surface area contributed by atoms with Gasteiger partial charge in [-0.15, -0.1) is 0 Å². The van der Waals surface area contributed by atoms with Gasteiger partial charge in [0.05, 0.1) is 17.7 Å². The first-order chi connectivity index (χ1) is 20.3. The first-order valence-electron chi connectivity index (χ1n) is 12.5. The van der Waals surface area contributed by atoms with E-state index in [9.17, 15) is 43.9 Å². The fourth-order valence-electron chi connectivity index (χ4n) is 3.87. The molecule has 0 saturated carbocycles. The first-order valence-corrected chi connectivity index (χ1v) is 12.5. The van der Waals surface area contributed by atoms with Crippen LogP contribution in [0.15, 0.2) is 54.6 Å². The van der Waals surface area contributed by atoms with Crippen molar-refractivity contribution in [3.05, 3.63) is 118 Å². The molecule has 0 radical (unpaired) electrons. The minimum absolute atomic E-state index is 0.115. The number of benzene rings is 4. The van der Waals surface area contributed by atoms with Crippen LogP contribution in [0.4, 0.5) is 43.9 Å². The third-order valence-electron chi connectivity index (χ3n) is 5.92. The van der Waals surface area contributed by atoms with Crippen LogP contribution in [0.5, 0.6) is 11.5 Å². The van der Waals surface area contributed by atoms with Gasteiger partial charge in [-0.1, -0.05) is 25.2 Å². The van der Waals surface area contributed by atoms with Crippen LogP contribution in [0, 0.1) is 58.4 Å². The molecule has 0 N–H and O–H groups in total. The number of ether oxygens (including phenoxy) is 2. The lowest BCUT2D eigenvalue weighted by atomic mass is 10.0. The third-order valence-corrected chi connectivity index (χ3v) is 5.92. The van der Waals surface area contributed by atoms with Gasteiger partial charge in [0.15, 0.2) is 17.5 Å². The van der Waals surface area contributed by atoms with E-state index in [2.05, 4.69) is 16.6 Å². The van der Waals surface area contributed by atoms with Crippen molar-refractivity contribution >= 4 is 0 Å². The van der Waals surface area contributed by atoms with Crippen molar-refractivity contribution < 1.29 is 53.4 Å². The van der Waals surface area contributed by atoms with Crippen LogP contribution < -0.4 is 9.47 Å². The fourth-order valence-corrected chi connectivity index (χ4v) is 3.87. The van der Waals surface area contributed by atoms with Gasteiger partial charge in [-0.25, -0.2) is 35.1 Å². The molecule has 0 aliphatic rings. The maximum atomic E-state index is 14.7. The molecule has 43 heavy (non-hydrogen) atoms. The van der Waals surface area contributed by atoms with E-state index < -0.39 is 80.6 Å². The lowest BCUT2D eigenvalue weighted by molar-refractivity contribution is -0.189. The molecule has 2 nitrogen and oxygen atoms in total. The molecule has 0 aliphatic heterocycles. The smallest absolute Gasteiger partial charge is 0.432 e. The van der Waals surface area contributed by atoms with Crippen molar-refractivity contribution in [1.29, 1.82) is 0 Å². The summed E-state index contributed by atoms with van der Waals surface area (Å²) < 4.78 is 152. The van der Waals surface area contributed by atoms with E-state index in [1.807, 2.05) is 6.92 Å². The van der Waals surface area contributed by atoms with Gasteiger partial charge in [0.2, 0.25) is 0 Å². The molecular weight excluding hydrogens is 594 g/mol. The van der Waals surface area contributed by atoms with Crippen molar-refractivity contribution in [3.8, 4) is 34.5 Å². The minimum Gasteiger partial charge on any atom is -0.493 e. The van der Waals surface area contributed by atoms with E-state index in [-0.39, 0.29) is 17.9 Å². The highest BCUT2D eigenvalue weighted by atomic mass is 19.3. The lowest BCUT2D eigenvalue weighted by Gasteiger charge is -2.20. The van der Waals surface area contributed by atoms with Crippen molar-refractivity contribution in [2.75, 3.05) is 6.61 Å². The van der Waals surface area contributed by atoms with Crippen LogP contribution >= 0.6 is 0 Å². The highest BCUT2D eigenvalue weighted by molar-refractivity contribution is 5.66. The maximum Gasteiger partial charge on any atom is 0.432 e. The predicted octanol–water partition coefficient (Wildman–Crippen LogP) is 9.17. The predicted molar refractivity (Wildman–Crippen MR) is 135 cm³/mol. The molecule has 0 aliphatic carbocycles. The van der Waals surface area contributed by atoms with E-state index in [1.165, 1.54) is 0 Å². The third kappa shape index (κ3) is 7.05. The van der Waals surface area contributed by atoms with Crippen LogP contribution in [0.3, 0.4) is 0 Å². The Labute approximate surface area is 238 Å². The molecule has 4 aromatic rings. The van der Waals surface area contributed by atoms with Gasteiger partial charge in [-0.05, 0) is 48.4 Å². The molecule has 0 amide bonds. The average molecular weight is 612 g/mol. The summed E-state index contributed by atoms with van der Waals surface area (Å²) in [5, 5.41) is 0. The van der Waals surface area contributed by atoms with Gasteiger partial charge >= 0.3 is 6.11 Å². The standard InChI is InChI=1S/C31H18F10O2/c1-2-3-8-42-20-14-24(35)29(25(36)15-20)31(40,41)43-19-7-6-17(21(32)13-19)5-4-16-9-22(33)28(23(34)10-16)18-11-26(37)30(39)27(38)12-18/h6-7,9-15H,2-3,8H2,1H3. The van der Waals surface area contributed by atoms with E-state index in [4.69, 9.17) is 4.74 Å². The molecule has 0 unspecified atom stereocenters. The van der Waals surface area contributed by atoms with Crippen LogP contribution in [0.1, 0.15) is 36.5 Å². The number of unbranched alkanes of at least 4 members (excludes halogenated alkanes) is 1. The Balaban J connectivity index is 1.54. The van der Waals surface area contributed by atoms with Crippen LogP contribution in [-0.2, 0) is 6.11 Å². The Morgan fingerprint density at radius 2 is 1.23 bits per heavy atom. The normalized spacial score (nSPS) is 11.2. The molecule has 0 aromatic heterocycles. The van der Waals surface area contributed by atoms with Gasteiger partial charge in [0, 0.05) is 23.8 Å². The van der Waals surface area contributed by atoms with Crippen molar-refractivity contribution in [1.82, 2.24) is 0 Å². The highest BCUT2D eigenvalue weighted by Gasteiger charge is 2.41. The summed E-state index contributed by atoms with van der Waals surface area (Å²) in [6.07, 6.45) is -3.27. The molecule has 0 heterocycles. The van der Waals surface area contributed by atoms with Gasteiger partial charge in [-0.2, -0.15) is 8.78 Å². The SMILES string of the molecule is CCCCOc1cc(F)c(C(F)(F)Oc2ccc(C#Cc3cc(F)c(-c4cc(F)c(F)c(F)c4)c(F)c3)c(F)c2)c(F)c1. The number of hydrogen-bond acceptors (Lipinski definition) is 2. The van der Waals surface area contributed by atoms with Crippen LogP contribution in [0.2, 0.25) is 0 Å². The van der Waals surface area contributed by atoms with Gasteiger partial charge in [-0.3, -0.25) is 0 Å². The summed E-state index contributed by atoms with van der Waals surface area (Å²) in [5.74, 6) is -8.97. The van der Waals surface area contributed by atoms with Gasteiger partial charge < -0.3 is 9.47 Å². The Hall–Kier alpha value is -4.66. The fraction of sp³-hybridized carbons (Fsp3) is 0.161. The number of hydrogen-bond donors (Lipinski definition) is 0. The topological polar surface area (TPSA) is 18.5 Å². The zero-order valence-electron chi connectivity index (χ0n) is 21.9. The molecule has 12 heteroatoms. The van der Waals surface area contributed by atoms with Crippen LogP contribution in [-0.4, -0.2) is 6.61 Å². The molecule has 224 valence electrons. The zero-order valence-corrected chi connectivity index (χ0v) is 21.9. The Kier molecular flexibility index (Phi) is 9.23. The van der Waals surface area contributed by atoms with Crippen molar-refractivity contribution in [2.45, 2.75) is 25.9 Å². The molecule has 0 saturated heterocycles. The number of halogens is 10. The van der Waals surface area contributed by atoms with Gasteiger partial charge in [0.25, 0.3) is 0 Å². The highest BCUT2D eigenvalue weighted by Crippen LogP contribution is 2.37. The summed E-state index contributed by atoms with van der Waals surface area (Å²) in [6, 6.07) is 5.42. The van der Waals surface area contributed by atoms with Gasteiger partial charge in [0.1, 0.15) is 46.1 Å². The molecule has 0 bridgehead atoms. The van der Waals surface area contributed by atoms with Crippen LogP contribution in [0.25, 0.3) is 11.1 Å².